The highest BCUT2D eigenvalue weighted by Gasteiger charge is 2.36. The number of piperidine rings is 1. The second kappa shape index (κ2) is 12.2. The summed E-state index contributed by atoms with van der Waals surface area (Å²) in [5.41, 5.74) is 3.75. The van der Waals surface area contributed by atoms with Gasteiger partial charge in [-0.25, -0.2) is 4.68 Å². The lowest BCUT2D eigenvalue weighted by Gasteiger charge is -2.35. The predicted molar refractivity (Wildman–Crippen MR) is 141 cm³/mol. The Morgan fingerprint density at radius 3 is 2.00 bits per heavy atom. The summed E-state index contributed by atoms with van der Waals surface area (Å²) in [6.45, 7) is 1.53. The molecule has 1 aromatic heterocycles. The van der Waals surface area contributed by atoms with Crippen LogP contribution in [0.1, 0.15) is 22.4 Å². The highest BCUT2D eigenvalue weighted by atomic mass is 16.5. The molecule has 1 aliphatic rings. The zero-order chi connectivity index (χ0) is 26.3. The molecule has 1 aliphatic heterocycles. The van der Waals surface area contributed by atoms with Crippen molar-refractivity contribution >= 4 is 0 Å². The Morgan fingerprint density at radius 2 is 1.39 bits per heavy atom. The van der Waals surface area contributed by atoms with E-state index in [1.54, 1.807) is 4.68 Å². The zero-order valence-electron chi connectivity index (χ0n) is 20.9. The molecule has 4 N–H and O–H groups in total. The lowest BCUT2D eigenvalue weighted by molar-refractivity contribution is -0.0939. The maximum absolute atomic E-state index is 10.3. The summed E-state index contributed by atoms with van der Waals surface area (Å²) in [6, 6.07) is 25.3. The first-order valence-corrected chi connectivity index (χ1v) is 12.7. The van der Waals surface area contributed by atoms with Crippen molar-refractivity contribution in [2.75, 3.05) is 6.54 Å². The van der Waals surface area contributed by atoms with Crippen LogP contribution >= 0.6 is 0 Å². The molecule has 1 fully saturated rings. The summed E-state index contributed by atoms with van der Waals surface area (Å²) < 4.78 is 13.9. The molecule has 0 radical (unpaired) electrons. The van der Waals surface area contributed by atoms with Crippen molar-refractivity contribution < 1.29 is 24.8 Å². The summed E-state index contributed by atoms with van der Waals surface area (Å²) >= 11 is 0. The predicted octanol–water partition coefficient (Wildman–Crippen LogP) is 2.08. The van der Waals surface area contributed by atoms with E-state index in [2.05, 4.69) is 15.6 Å². The molecular weight excluding hydrogens is 484 g/mol. The van der Waals surface area contributed by atoms with Gasteiger partial charge < -0.3 is 30.1 Å². The van der Waals surface area contributed by atoms with Crippen molar-refractivity contribution in [2.45, 2.75) is 50.5 Å². The summed E-state index contributed by atoms with van der Waals surface area (Å²) in [7, 11) is 0. The van der Waals surface area contributed by atoms with Crippen LogP contribution in [-0.2, 0) is 26.2 Å². The minimum Gasteiger partial charge on any atom is -0.489 e. The Morgan fingerprint density at radius 1 is 0.789 bits per heavy atom. The zero-order valence-corrected chi connectivity index (χ0v) is 20.9. The van der Waals surface area contributed by atoms with E-state index in [1.807, 2.05) is 85.1 Å². The number of aromatic nitrogens is 3. The fraction of sp³-hybridized carbons (Fsp3) is 0.310. The van der Waals surface area contributed by atoms with Crippen molar-refractivity contribution in [3.05, 3.63) is 107 Å². The molecule has 5 rings (SSSR count). The molecule has 0 spiro atoms. The Kier molecular flexibility index (Phi) is 8.30. The number of benzene rings is 3. The van der Waals surface area contributed by atoms with Gasteiger partial charge in [0.15, 0.2) is 0 Å². The number of nitrogens with one attached hydrogen (secondary N) is 1. The van der Waals surface area contributed by atoms with Crippen LogP contribution in [0.5, 0.6) is 11.5 Å². The van der Waals surface area contributed by atoms with Crippen LogP contribution in [0.15, 0.2) is 85.1 Å². The van der Waals surface area contributed by atoms with Gasteiger partial charge in [0.1, 0.15) is 30.8 Å². The van der Waals surface area contributed by atoms with E-state index in [4.69, 9.17) is 9.47 Å². The number of aliphatic hydroxyl groups is 3. The number of hydrogen-bond acceptors (Lipinski definition) is 8. The smallest absolute Gasteiger partial charge is 0.123 e. The number of rotatable bonds is 10. The van der Waals surface area contributed by atoms with E-state index in [1.165, 1.54) is 0 Å². The van der Waals surface area contributed by atoms with Gasteiger partial charge in [-0.1, -0.05) is 65.9 Å². The monoisotopic (exact) mass is 516 g/mol. The number of nitrogens with zero attached hydrogens (tertiary/aromatic N) is 3. The van der Waals surface area contributed by atoms with Crippen LogP contribution in [0.2, 0.25) is 0 Å². The molecule has 0 aliphatic carbocycles. The van der Waals surface area contributed by atoms with Gasteiger partial charge in [-0.05, 0) is 28.8 Å². The molecule has 4 aromatic rings. The summed E-state index contributed by atoms with van der Waals surface area (Å²) in [5, 5.41) is 41.5. The number of β-amino-alcohol motifs (C(OH)–C–C–N with tert-alkyl or cyclic N) is 1. The van der Waals surface area contributed by atoms with Crippen LogP contribution in [-0.4, -0.2) is 61.2 Å². The molecule has 9 heteroatoms. The summed E-state index contributed by atoms with van der Waals surface area (Å²) in [5.74, 6) is 1.38. The van der Waals surface area contributed by atoms with Gasteiger partial charge in [0.05, 0.1) is 24.4 Å². The van der Waals surface area contributed by atoms with Crippen LogP contribution in [0.4, 0.5) is 0 Å². The lowest BCUT2D eigenvalue weighted by Crippen LogP contribution is -2.60. The Labute approximate surface area is 221 Å². The second-order valence-electron chi connectivity index (χ2n) is 9.54. The van der Waals surface area contributed by atoms with E-state index < -0.39 is 24.4 Å². The van der Waals surface area contributed by atoms with Gasteiger partial charge in [0, 0.05) is 31.3 Å². The van der Waals surface area contributed by atoms with Crippen molar-refractivity contribution in [2.24, 2.45) is 0 Å². The normalized spacial score (nSPS) is 21.2. The Bertz CT molecular complexity index is 1240. The molecule has 198 valence electrons. The first-order chi connectivity index (χ1) is 18.5. The van der Waals surface area contributed by atoms with E-state index in [-0.39, 0.29) is 6.54 Å². The maximum atomic E-state index is 10.3. The minimum atomic E-state index is -1.19. The number of aliphatic hydroxyl groups excluding tert-OH is 3. The Hall–Kier alpha value is -3.76. The van der Waals surface area contributed by atoms with Crippen LogP contribution in [0.25, 0.3) is 0 Å². The largest absolute Gasteiger partial charge is 0.489 e. The van der Waals surface area contributed by atoms with Crippen LogP contribution < -0.4 is 14.8 Å². The molecule has 1 saturated heterocycles. The van der Waals surface area contributed by atoms with Crippen LogP contribution in [0, 0.1) is 0 Å². The van der Waals surface area contributed by atoms with Gasteiger partial charge in [0.25, 0.3) is 0 Å². The Balaban J connectivity index is 1.28. The standard InChI is InChI=1S/C29H32N4O5/c34-27-15-30-26(28(35)29(27)36)13-23-17-33(32-31-23)16-22-11-24(37-18-20-7-3-1-4-8-20)14-25(12-22)38-19-21-9-5-2-6-10-21/h1-12,14,17,26-30,34-36H,13,15-16,18-19H2/t26-,27-,28+,29+/m1/s1. The molecule has 3 aromatic carbocycles. The van der Waals surface area contributed by atoms with Gasteiger partial charge in [-0.15, -0.1) is 5.10 Å². The second-order valence-corrected chi connectivity index (χ2v) is 9.54. The average molecular weight is 517 g/mol. The van der Waals surface area contributed by atoms with E-state index in [9.17, 15) is 15.3 Å². The topological polar surface area (TPSA) is 122 Å². The lowest BCUT2D eigenvalue weighted by atomic mass is 9.93. The summed E-state index contributed by atoms with van der Waals surface area (Å²) in [6.07, 6.45) is -1.09. The molecule has 38 heavy (non-hydrogen) atoms. The molecular formula is C29H32N4O5. The highest BCUT2D eigenvalue weighted by molar-refractivity contribution is 5.39. The van der Waals surface area contributed by atoms with Gasteiger partial charge in [-0.2, -0.15) is 0 Å². The van der Waals surface area contributed by atoms with Crippen molar-refractivity contribution in [1.82, 2.24) is 20.3 Å². The number of hydrogen-bond donors (Lipinski definition) is 4. The van der Waals surface area contributed by atoms with Gasteiger partial charge >= 0.3 is 0 Å². The highest BCUT2D eigenvalue weighted by Crippen LogP contribution is 2.25. The van der Waals surface area contributed by atoms with E-state index in [0.717, 1.165) is 16.7 Å². The fourth-order valence-corrected chi connectivity index (χ4v) is 4.46. The maximum Gasteiger partial charge on any atom is 0.123 e. The third-order valence-corrected chi connectivity index (χ3v) is 6.54. The van der Waals surface area contributed by atoms with Gasteiger partial charge in [0.2, 0.25) is 0 Å². The molecule has 0 bridgehead atoms. The molecule has 0 amide bonds. The van der Waals surface area contributed by atoms with Crippen molar-refractivity contribution in [3.63, 3.8) is 0 Å². The summed E-state index contributed by atoms with van der Waals surface area (Å²) in [4.78, 5) is 0. The SMILES string of the molecule is O[C@@H]1[C@@H](O)[C@@H](Cc2cn(Cc3cc(OCc4ccccc4)cc(OCc4ccccc4)c3)nn2)NC[C@H]1O. The first kappa shape index (κ1) is 25.9. The molecule has 2 heterocycles. The third-order valence-electron chi connectivity index (χ3n) is 6.54. The third kappa shape index (κ3) is 6.76. The molecule has 0 saturated carbocycles. The van der Waals surface area contributed by atoms with Crippen molar-refractivity contribution in [3.8, 4) is 11.5 Å². The molecule has 4 atom stereocenters. The molecule has 9 nitrogen and oxygen atoms in total. The first-order valence-electron chi connectivity index (χ1n) is 12.7. The van der Waals surface area contributed by atoms with Gasteiger partial charge in [-0.3, -0.25) is 0 Å². The number of ether oxygens (including phenoxy) is 2. The minimum absolute atomic E-state index is 0.207. The fourth-order valence-electron chi connectivity index (χ4n) is 4.46. The quantitative estimate of drug-likeness (QED) is 0.253. The van der Waals surface area contributed by atoms with Crippen molar-refractivity contribution in [1.29, 1.82) is 0 Å². The molecule has 0 unspecified atom stereocenters. The average Bonchev–Trinajstić information content (AvgIpc) is 3.38. The van der Waals surface area contributed by atoms with E-state index in [0.29, 0.717) is 43.4 Å². The van der Waals surface area contributed by atoms with E-state index >= 15 is 0 Å². The van der Waals surface area contributed by atoms with Crippen LogP contribution in [0.3, 0.4) is 0 Å².